The number of phenolic OH excluding ortho intramolecular Hbond substituents is 1. The third kappa shape index (κ3) is 4.68. The molecule has 4 rings (SSSR count). The van der Waals surface area contributed by atoms with Gasteiger partial charge in [-0.3, -0.25) is 0 Å². The van der Waals surface area contributed by atoms with Crippen molar-refractivity contribution in [1.82, 2.24) is 9.47 Å². The molecule has 2 heterocycles. The maximum absolute atomic E-state index is 13.3. The number of hydrogen-bond donors (Lipinski definition) is 1. The Morgan fingerprint density at radius 1 is 1.17 bits per heavy atom. The topological polar surface area (TPSA) is 57.9 Å². The number of aromatic hydroxyl groups is 1. The lowest BCUT2D eigenvalue weighted by atomic mass is 10.0. The summed E-state index contributed by atoms with van der Waals surface area (Å²) >= 11 is 5.22. The molecule has 188 valence electrons. The molecule has 1 saturated heterocycles. The highest BCUT2D eigenvalue weighted by atomic mass is 79.9. The van der Waals surface area contributed by atoms with Gasteiger partial charge in [-0.25, -0.2) is 4.79 Å². The van der Waals surface area contributed by atoms with Gasteiger partial charge in [0.05, 0.1) is 27.8 Å². The molecule has 0 amide bonds. The van der Waals surface area contributed by atoms with E-state index in [1.54, 1.807) is 11.8 Å². The number of fused-ring (bicyclic) bond motifs is 1. The lowest BCUT2D eigenvalue weighted by molar-refractivity contribution is 0.0598. The molecular weight excluding hydrogens is 526 g/mol. The van der Waals surface area contributed by atoms with Gasteiger partial charge in [-0.1, -0.05) is 37.7 Å². The molecule has 0 bridgehead atoms. The number of nitrogens with zero attached hydrogens (tertiary/aromatic N) is 3. The van der Waals surface area contributed by atoms with Crippen LogP contribution in [0.3, 0.4) is 0 Å². The molecular formula is C27H34BrN3O3S. The predicted octanol–water partition coefficient (Wildman–Crippen LogP) is 6.25. The highest BCUT2D eigenvalue weighted by molar-refractivity contribution is 9.10. The summed E-state index contributed by atoms with van der Waals surface area (Å²) in [4.78, 5) is 18.9. The summed E-state index contributed by atoms with van der Waals surface area (Å²) < 4.78 is 8.16. The summed E-state index contributed by atoms with van der Waals surface area (Å²) in [6, 6.07) is 8.51. The van der Waals surface area contributed by atoms with E-state index in [9.17, 15) is 9.90 Å². The lowest BCUT2D eigenvalue weighted by Gasteiger charge is -2.35. The van der Waals surface area contributed by atoms with Crippen LogP contribution in [-0.4, -0.2) is 60.9 Å². The zero-order valence-corrected chi connectivity index (χ0v) is 23.7. The number of esters is 1. The number of carbonyl (C=O) groups excluding carboxylic acids is 1. The Bertz CT molecular complexity index is 1250. The number of phenols is 1. The third-order valence-corrected chi connectivity index (χ3v) is 8.95. The van der Waals surface area contributed by atoms with Crippen molar-refractivity contribution in [1.29, 1.82) is 0 Å². The first-order chi connectivity index (χ1) is 16.7. The van der Waals surface area contributed by atoms with Gasteiger partial charge < -0.3 is 24.2 Å². The van der Waals surface area contributed by atoms with Crippen molar-refractivity contribution in [3.63, 3.8) is 0 Å². The highest BCUT2D eigenvalue weighted by Crippen LogP contribution is 2.50. The molecule has 1 aromatic heterocycles. The van der Waals surface area contributed by atoms with E-state index in [2.05, 4.69) is 82.4 Å². The van der Waals surface area contributed by atoms with Crippen molar-refractivity contribution < 1.29 is 14.6 Å². The largest absolute Gasteiger partial charge is 0.505 e. The molecule has 0 unspecified atom stereocenters. The molecule has 0 saturated carbocycles. The summed E-state index contributed by atoms with van der Waals surface area (Å²) in [6.45, 7) is 12.4. The minimum atomic E-state index is -0.389. The number of aromatic nitrogens is 1. The van der Waals surface area contributed by atoms with Gasteiger partial charge in [0, 0.05) is 43.0 Å². The molecule has 35 heavy (non-hydrogen) atoms. The molecule has 0 radical (unpaired) electrons. The number of hydrogen-bond acceptors (Lipinski definition) is 6. The second kappa shape index (κ2) is 10.4. The molecule has 0 spiro atoms. The van der Waals surface area contributed by atoms with Gasteiger partial charge in [0.1, 0.15) is 5.56 Å². The average Bonchev–Trinajstić information content (AvgIpc) is 3.17. The Morgan fingerprint density at radius 2 is 1.80 bits per heavy atom. The summed E-state index contributed by atoms with van der Waals surface area (Å²) in [7, 11) is 3.52. The molecule has 0 atom stereocenters. The Labute approximate surface area is 220 Å². The quantitative estimate of drug-likeness (QED) is 0.360. The fourth-order valence-corrected chi connectivity index (χ4v) is 6.28. The van der Waals surface area contributed by atoms with Gasteiger partial charge >= 0.3 is 5.97 Å². The zero-order valence-electron chi connectivity index (χ0n) is 21.3. The average molecular weight is 561 g/mol. The van der Waals surface area contributed by atoms with E-state index in [1.165, 1.54) is 12.7 Å². The molecule has 2 aromatic carbocycles. The van der Waals surface area contributed by atoms with Crippen LogP contribution in [0.4, 0.5) is 5.69 Å². The number of anilines is 1. The molecule has 0 aliphatic carbocycles. The number of halogens is 1. The van der Waals surface area contributed by atoms with Crippen LogP contribution >= 0.6 is 27.7 Å². The first-order valence-electron chi connectivity index (χ1n) is 12.1. The standard InChI is InChI=1S/C27H34BrN3O3S/c1-7-31-23-17(4)22(28)25(32)24(30-14-12-29(5)13-15-30)20(23)21(27(33)34-6)26(31)35-19-10-8-18(9-11-19)16(2)3/h8-11,16,32H,7,12-15H2,1-6H3. The van der Waals surface area contributed by atoms with Gasteiger partial charge in [-0.05, 0) is 66.0 Å². The van der Waals surface area contributed by atoms with Crippen molar-refractivity contribution in [2.24, 2.45) is 0 Å². The first-order valence-corrected chi connectivity index (χ1v) is 13.7. The zero-order chi connectivity index (χ0) is 25.4. The van der Waals surface area contributed by atoms with E-state index in [0.29, 0.717) is 28.2 Å². The summed E-state index contributed by atoms with van der Waals surface area (Å²) in [5.41, 5.74) is 4.36. The van der Waals surface area contributed by atoms with E-state index in [0.717, 1.165) is 52.6 Å². The van der Waals surface area contributed by atoms with Crippen molar-refractivity contribution in [3.8, 4) is 5.75 Å². The van der Waals surface area contributed by atoms with Gasteiger partial charge in [-0.2, -0.15) is 0 Å². The minimum absolute atomic E-state index is 0.177. The van der Waals surface area contributed by atoms with Gasteiger partial charge in [0.25, 0.3) is 0 Å². The Morgan fingerprint density at radius 3 is 2.34 bits per heavy atom. The number of methoxy groups -OCH3 is 1. The van der Waals surface area contributed by atoms with Crippen molar-refractivity contribution in [3.05, 3.63) is 45.4 Å². The second-order valence-electron chi connectivity index (χ2n) is 9.39. The van der Waals surface area contributed by atoms with E-state index in [1.807, 2.05) is 6.92 Å². The van der Waals surface area contributed by atoms with Gasteiger partial charge in [0.15, 0.2) is 5.75 Å². The molecule has 1 aliphatic heterocycles. The Balaban J connectivity index is 2.00. The Hall–Kier alpha value is -2.16. The summed E-state index contributed by atoms with van der Waals surface area (Å²) in [5, 5.41) is 13.0. The third-order valence-electron chi connectivity index (χ3n) is 6.86. The van der Waals surface area contributed by atoms with Crippen LogP contribution in [-0.2, 0) is 11.3 Å². The number of carbonyl (C=O) groups is 1. The van der Waals surface area contributed by atoms with Crippen molar-refractivity contribution in [2.45, 2.75) is 50.1 Å². The molecule has 1 N–H and O–H groups in total. The van der Waals surface area contributed by atoms with Crippen LogP contribution in [0.1, 0.15) is 48.2 Å². The van der Waals surface area contributed by atoms with Crippen LogP contribution in [0, 0.1) is 6.92 Å². The fourth-order valence-electron chi connectivity index (χ4n) is 4.79. The van der Waals surface area contributed by atoms with E-state index < -0.39 is 0 Å². The number of aryl methyl sites for hydroxylation is 2. The number of piperazine rings is 1. The van der Waals surface area contributed by atoms with Crippen LogP contribution < -0.4 is 4.90 Å². The smallest absolute Gasteiger partial charge is 0.341 e. The van der Waals surface area contributed by atoms with Crippen molar-refractivity contribution in [2.75, 3.05) is 45.2 Å². The SMILES string of the molecule is CCn1c(Sc2ccc(C(C)C)cc2)c(C(=O)OC)c2c(N3CCN(C)CC3)c(O)c(Br)c(C)c21. The van der Waals surface area contributed by atoms with E-state index in [4.69, 9.17) is 4.74 Å². The van der Waals surface area contributed by atoms with Gasteiger partial charge in [-0.15, -0.1) is 0 Å². The molecule has 6 nitrogen and oxygen atoms in total. The van der Waals surface area contributed by atoms with E-state index in [-0.39, 0.29) is 11.7 Å². The molecule has 1 fully saturated rings. The fraction of sp³-hybridized carbons (Fsp3) is 0.444. The Kier molecular flexibility index (Phi) is 7.74. The highest BCUT2D eigenvalue weighted by Gasteiger charge is 2.32. The summed E-state index contributed by atoms with van der Waals surface area (Å²) in [6.07, 6.45) is 0. The van der Waals surface area contributed by atoms with Crippen LogP contribution in [0.2, 0.25) is 0 Å². The van der Waals surface area contributed by atoms with Crippen LogP contribution in [0.25, 0.3) is 10.9 Å². The molecule has 3 aromatic rings. The van der Waals surface area contributed by atoms with Gasteiger partial charge in [0.2, 0.25) is 0 Å². The number of ether oxygens (including phenoxy) is 1. The minimum Gasteiger partial charge on any atom is -0.505 e. The van der Waals surface area contributed by atoms with E-state index >= 15 is 0 Å². The summed E-state index contributed by atoms with van der Waals surface area (Å²) in [5.74, 6) is 0.242. The monoisotopic (exact) mass is 559 g/mol. The molecule has 1 aliphatic rings. The molecule has 8 heteroatoms. The second-order valence-corrected chi connectivity index (χ2v) is 11.2. The predicted molar refractivity (Wildman–Crippen MR) is 147 cm³/mol. The normalized spacial score (nSPS) is 14.8. The number of rotatable bonds is 6. The number of benzene rings is 2. The van der Waals surface area contributed by atoms with Crippen LogP contribution in [0.5, 0.6) is 5.75 Å². The maximum atomic E-state index is 13.3. The van der Waals surface area contributed by atoms with Crippen molar-refractivity contribution >= 4 is 50.3 Å². The lowest BCUT2D eigenvalue weighted by Crippen LogP contribution is -2.44. The number of likely N-dealkylation sites (N-methyl/N-ethyl adjacent to an activating group) is 1. The van der Waals surface area contributed by atoms with Crippen LogP contribution in [0.15, 0.2) is 38.7 Å². The first kappa shape index (κ1) is 25.9. The maximum Gasteiger partial charge on any atom is 0.341 e.